The summed E-state index contributed by atoms with van der Waals surface area (Å²) in [5.74, 6) is 0.620. The largest absolute Gasteiger partial charge is 0.325 e. The number of amides is 1. The van der Waals surface area contributed by atoms with Gasteiger partial charge in [0.1, 0.15) is 0 Å². The fraction of sp³-hybridized carbons (Fsp3) is 0.381. The summed E-state index contributed by atoms with van der Waals surface area (Å²) < 4.78 is 1.85. The zero-order valence-corrected chi connectivity index (χ0v) is 15.1. The molecule has 0 spiro atoms. The predicted molar refractivity (Wildman–Crippen MR) is 103 cm³/mol. The van der Waals surface area contributed by atoms with E-state index in [2.05, 4.69) is 15.4 Å². The van der Waals surface area contributed by atoms with Gasteiger partial charge in [0.15, 0.2) is 5.65 Å². The van der Waals surface area contributed by atoms with Gasteiger partial charge in [-0.05, 0) is 43.9 Å². The number of para-hydroxylation sites is 1. The van der Waals surface area contributed by atoms with Crippen molar-refractivity contribution in [1.82, 2.24) is 14.8 Å². The van der Waals surface area contributed by atoms with Gasteiger partial charge in [-0.25, -0.2) is 9.67 Å². The Morgan fingerprint density at radius 1 is 1.19 bits per heavy atom. The van der Waals surface area contributed by atoms with E-state index in [4.69, 9.17) is 0 Å². The summed E-state index contributed by atoms with van der Waals surface area (Å²) in [6.07, 6.45) is 8.50. The molecule has 0 bridgehead atoms. The number of rotatable bonds is 4. The maximum atomic E-state index is 12.4. The molecule has 1 aliphatic carbocycles. The van der Waals surface area contributed by atoms with Crippen molar-refractivity contribution in [2.75, 3.05) is 5.32 Å². The Morgan fingerprint density at radius 3 is 2.73 bits per heavy atom. The van der Waals surface area contributed by atoms with Crippen LogP contribution in [0.3, 0.4) is 0 Å². The molecule has 1 saturated carbocycles. The number of benzene rings is 1. The van der Waals surface area contributed by atoms with Gasteiger partial charge in [-0.15, -0.1) is 0 Å². The Kier molecular flexibility index (Phi) is 4.69. The van der Waals surface area contributed by atoms with Gasteiger partial charge in [0.2, 0.25) is 5.91 Å². The minimum atomic E-state index is 0.0890. The summed E-state index contributed by atoms with van der Waals surface area (Å²) in [5.41, 5.74) is 3.43. The molecule has 5 nitrogen and oxygen atoms in total. The van der Waals surface area contributed by atoms with Crippen molar-refractivity contribution in [3.8, 4) is 5.69 Å². The molecule has 3 aromatic rings. The Hall–Kier alpha value is -2.69. The third-order valence-electron chi connectivity index (χ3n) is 5.19. The number of hydrogen-bond donors (Lipinski definition) is 1. The Morgan fingerprint density at radius 2 is 1.96 bits per heavy atom. The average Bonchev–Trinajstić information content (AvgIpc) is 2.99. The van der Waals surface area contributed by atoms with E-state index >= 15 is 0 Å². The highest BCUT2D eigenvalue weighted by Gasteiger charge is 2.18. The zero-order chi connectivity index (χ0) is 17.9. The third-order valence-corrected chi connectivity index (χ3v) is 5.19. The molecule has 2 heterocycles. The minimum absolute atomic E-state index is 0.0890. The summed E-state index contributed by atoms with van der Waals surface area (Å²) in [5, 5.41) is 8.60. The number of aryl methyl sites for hydroxylation is 1. The van der Waals surface area contributed by atoms with E-state index in [1.54, 1.807) is 6.20 Å². The van der Waals surface area contributed by atoms with Crippen molar-refractivity contribution in [2.24, 2.45) is 5.92 Å². The van der Waals surface area contributed by atoms with Crippen molar-refractivity contribution >= 4 is 22.6 Å². The van der Waals surface area contributed by atoms with Crippen LogP contribution in [0.4, 0.5) is 5.69 Å². The summed E-state index contributed by atoms with van der Waals surface area (Å²) in [7, 11) is 0. The van der Waals surface area contributed by atoms with Gasteiger partial charge < -0.3 is 5.32 Å². The topological polar surface area (TPSA) is 59.8 Å². The molecule has 0 saturated heterocycles. The van der Waals surface area contributed by atoms with Crippen molar-refractivity contribution in [3.05, 3.63) is 48.3 Å². The molecule has 26 heavy (non-hydrogen) atoms. The lowest BCUT2D eigenvalue weighted by Crippen LogP contribution is -2.18. The van der Waals surface area contributed by atoms with E-state index in [0.29, 0.717) is 12.3 Å². The van der Waals surface area contributed by atoms with Gasteiger partial charge in [-0.1, -0.05) is 37.5 Å². The zero-order valence-electron chi connectivity index (χ0n) is 15.1. The van der Waals surface area contributed by atoms with Crippen LogP contribution in [0.1, 0.15) is 44.2 Å². The summed E-state index contributed by atoms with van der Waals surface area (Å²) in [4.78, 5) is 16.9. The first kappa shape index (κ1) is 16.8. The summed E-state index contributed by atoms with van der Waals surface area (Å²) >= 11 is 0. The van der Waals surface area contributed by atoms with Crippen LogP contribution in [0.5, 0.6) is 0 Å². The van der Waals surface area contributed by atoms with Crippen LogP contribution in [0.25, 0.3) is 16.7 Å². The van der Waals surface area contributed by atoms with E-state index < -0.39 is 0 Å². The standard InChI is InChI=1S/C21H24N4O/c1-15-19-13-17(23-20(26)12-16-8-4-2-5-9-16)14-22-21(19)25(24-15)18-10-6-3-7-11-18/h3,6-7,10-11,13-14,16H,2,4-5,8-9,12H2,1H3,(H,23,26). The number of nitrogens with one attached hydrogen (secondary N) is 1. The lowest BCUT2D eigenvalue weighted by molar-refractivity contribution is -0.117. The molecule has 134 valence electrons. The SMILES string of the molecule is Cc1nn(-c2ccccc2)c2ncc(NC(=O)CC3CCCCC3)cc12. The molecule has 1 fully saturated rings. The molecule has 1 aromatic carbocycles. The van der Waals surface area contributed by atoms with Crippen LogP contribution >= 0.6 is 0 Å². The molecule has 0 atom stereocenters. The average molecular weight is 348 g/mol. The molecule has 1 aliphatic rings. The molecule has 2 aromatic heterocycles. The van der Waals surface area contributed by atoms with Gasteiger partial charge >= 0.3 is 0 Å². The number of fused-ring (bicyclic) bond motifs is 1. The molecule has 1 amide bonds. The van der Waals surface area contributed by atoms with Crippen LogP contribution in [-0.2, 0) is 4.79 Å². The molecule has 0 aliphatic heterocycles. The van der Waals surface area contributed by atoms with Gasteiger partial charge in [0, 0.05) is 11.8 Å². The molecule has 4 rings (SSSR count). The van der Waals surface area contributed by atoms with Crippen LogP contribution in [0.15, 0.2) is 42.6 Å². The van der Waals surface area contributed by atoms with Gasteiger partial charge in [0.25, 0.3) is 0 Å². The monoisotopic (exact) mass is 348 g/mol. The van der Waals surface area contributed by atoms with Crippen molar-refractivity contribution < 1.29 is 4.79 Å². The van der Waals surface area contributed by atoms with E-state index in [0.717, 1.165) is 28.1 Å². The van der Waals surface area contributed by atoms with Crippen LogP contribution in [-0.4, -0.2) is 20.7 Å². The highest BCUT2D eigenvalue weighted by atomic mass is 16.1. The fourth-order valence-electron chi connectivity index (χ4n) is 3.83. The molecular formula is C21H24N4O. The van der Waals surface area contributed by atoms with Gasteiger partial charge in [0.05, 0.1) is 23.3 Å². The summed E-state index contributed by atoms with van der Waals surface area (Å²) in [6, 6.07) is 11.9. The Bertz CT molecular complexity index is 910. The molecule has 5 heteroatoms. The normalized spacial score (nSPS) is 15.3. The highest BCUT2D eigenvalue weighted by molar-refractivity contribution is 5.93. The first-order valence-corrected chi connectivity index (χ1v) is 9.41. The fourth-order valence-corrected chi connectivity index (χ4v) is 3.83. The number of pyridine rings is 1. The van der Waals surface area contributed by atoms with E-state index in [1.165, 1.54) is 32.1 Å². The Labute approximate surface area is 153 Å². The van der Waals surface area contributed by atoms with E-state index in [1.807, 2.05) is 48.0 Å². The molecule has 1 N–H and O–H groups in total. The predicted octanol–water partition coefficient (Wildman–Crippen LogP) is 4.64. The first-order valence-electron chi connectivity index (χ1n) is 9.41. The van der Waals surface area contributed by atoms with Crippen molar-refractivity contribution in [1.29, 1.82) is 0 Å². The second-order valence-corrected chi connectivity index (χ2v) is 7.18. The van der Waals surface area contributed by atoms with Crippen molar-refractivity contribution in [2.45, 2.75) is 45.4 Å². The van der Waals surface area contributed by atoms with Crippen LogP contribution in [0, 0.1) is 12.8 Å². The number of hydrogen-bond acceptors (Lipinski definition) is 3. The summed E-state index contributed by atoms with van der Waals surface area (Å²) in [6.45, 7) is 1.97. The lowest BCUT2D eigenvalue weighted by atomic mass is 9.87. The van der Waals surface area contributed by atoms with E-state index in [9.17, 15) is 4.79 Å². The molecular weight excluding hydrogens is 324 g/mol. The molecule has 0 radical (unpaired) electrons. The quantitative estimate of drug-likeness (QED) is 0.747. The maximum absolute atomic E-state index is 12.4. The van der Waals surface area contributed by atoms with Crippen LogP contribution in [0.2, 0.25) is 0 Å². The highest BCUT2D eigenvalue weighted by Crippen LogP contribution is 2.27. The number of anilines is 1. The van der Waals surface area contributed by atoms with Crippen molar-refractivity contribution in [3.63, 3.8) is 0 Å². The Balaban J connectivity index is 1.54. The third kappa shape index (κ3) is 3.47. The maximum Gasteiger partial charge on any atom is 0.224 e. The lowest BCUT2D eigenvalue weighted by Gasteiger charge is -2.20. The van der Waals surface area contributed by atoms with Gasteiger partial charge in [-0.3, -0.25) is 4.79 Å². The van der Waals surface area contributed by atoms with Crippen LogP contribution < -0.4 is 5.32 Å². The number of aromatic nitrogens is 3. The number of carbonyl (C=O) groups excluding carboxylic acids is 1. The first-order chi connectivity index (χ1) is 12.7. The smallest absolute Gasteiger partial charge is 0.224 e. The number of carbonyl (C=O) groups is 1. The van der Waals surface area contributed by atoms with Gasteiger partial charge in [-0.2, -0.15) is 5.10 Å². The molecule has 0 unspecified atom stereocenters. The minimum Gasteiger partial charge on any atom is -0.325 e. The number of nitrogens with zero attached hydrogens (tertiary/aromatic N) is 3. The second kappa shape index (κ2) is 7.28. The second-order valence-electron chi connectivity index (χ2n) is 7.18. The van der Waals surface area contributed by atoms with E-state index in [-0.39, 0.29) is 5.91 Å².